The van der Waals surface area contributed by atoms with Gasteiger partial charge in [-0.25, -0.2) is 0 Å². The number of likely N-dealkylation sites (tertiary alicyclic amines) is 1. The predicted octanol–water partition coefficient (Wildman–Crippen LogP) is 4.34. The molecule has 0 aliphatic carbocycles. The average Bonchev–Trinajstić information content (AvgIpc) is 2.98. The Hall–Kier alpha value is -0.570. The standard InChI is InChI=1S/C17H26ClNO/c1-4-17(5-2,19-10-6-7-11-19)16(20)14-9-8-13(3)15(18)12-14/h8-9,12,16,20H,4-7,10-11H2,1-3H3. The van der Waals surface area contributed by atoms with Crippen molar-refractivity contribution in [3.8, 4) is 0 Å². The number of benzene rings is 1. The fourth-order valence-electron chi connectivity index (χ4n) is 3.51. The van der Waals surface area contributed by atoms with E-state index in [1.54, 1.807) is 0 Å². The Morgan fingerprint density at radius 3 is 2.35 bits per heavy atom. The smallest absolute Gasteiger partial charge is 0.0973 e. The van der Waals surface area contributed by atoms with Crippen molar-refractivity contribution in [2.45, 2.75) is 58.1 Å². The molecular weight excluding hydrogens is 270 g/mol. The molecule has 0 radical (unpaired) electrons. The Morgan fingerprint density at radius 2 is 1.85 bits per heavy atom. The quantitative estimate of drug-likeness (QED) is 0.873. The molecule has 0 bridgehead atoms. The molecule has 0 spiro atoms. The van der Waals surface area contributed by atoms with Gasteiger partial charge >= 0.3 is 0 Å². The van der Waals surface area contributed by atoms with Gasteiger partial charge in [0.05, 0.1) is 11.6 Å². The molecule has 1 heterocycles. The van der Waals surface area contributed by atoms with E-state index in [0.717, 1.165) is 42.1 Å². The Labute approximate surface area is 127 Å². The molecule has 2 rings (SSSR count). The van der Waals surface area contributed by atoms with Crippen LogP contribution in [-0.4, -0.2) is 28.6 Å². The minimum Gasteiger partial charge on any atom is -0.386 e. The molecule has 2 nitrogen and oxygen atoms in total. The van der Waals surface area contributed by atoms with Crippen LogP contribution in [0.1, 0.15) is 56.8 Å². The van der Waals surface area contributed by atoms with Crippen LogP contribution in [0, 0.1) is 6.92 Å². The molecule has 1 fully saturated rings. The summed E-state index contributed by atoms with van der Waals surface area (Å²) >= 11 is 6.23. The fraction of sp³-hybridized carbons (Fsp3) is 0.647. The third kappa shape index (κ3) is 2.74. The third-order valence-electron chi connectivity index (χ3n) is 4.98. The number of hydrogen-bond acceptors (Lipinski definition) is 2. The van der Waals surface area contributed by atoms with Crippen LogP contribution < -0.4 is 0 Å². The highest BCUT2D eigenvalue weighted by molar-refractivity contribution is 6.31. The monoisotopic (exact) mass is 295 g/mol. The largest absolute Gasteiger partial charge is 0.386 e. The molecule has 0 aromatic heterocycles. The molecule has 1 saturated heterocycles. The normalized spacial score (nSPS) is 18.4. The fourth-order valence-corrected chi connectivity index (χ4v) is 3.70. The number of hydrogen-bond donors (Lipinski definition) is 1. The van der Waals surface area contributed by atoms with E-state index in [2.05, 4.69) is 18.7 Å². The lowest BCUT2D eigenvalue weighted by Gasteiger charge is -2.44. The average molecular weight is 296 g/mol. The zero-order chi connectivity index (χ0) is 14.8. The minimum atomic E-state index is -0.478. The molecule has 1 unspecified atom stereocenters. The molecule has 1 aliphatic rings. The highest BCUT2D eigenvalue weighted by Gasteiger charge is 2.42. The van der Waals surface area contributed by atoms with Gasteiger partial charge in [0.2, 0.25) is 0 Å². The van der Waals surface area contributed by atoms with Crippen molar-refractivity contribution < 1.29 is 5.11 Å². The van der Waals surface area contributed by atoms with Gasteiger partial charge in [-0.15, -0.1) is 0 Å². The Bertz CT molecular complexity index is 450. The summed E-state index contributed by atoms with van der Waals surface area (Å²) in [7, 11) is 0. The van der Waals surface area contributed by atoms with Crippen molar-refractivity contribution in [1.29, 1.82) is 0 Å². The van der Waals surface area contributed by atoms with Gasteiger partial charge < -0.3 is 5.11 Å². The first kappa shape index (κ1) is 15.8. The Balaban J connectivity index is 2.34. The second-order valence-electron chi connectivity index (χ2n) is 5.92. The SMILES string of the molecule is CCC(CC)(C(O)c1ccc(C)c(Cl)c1)N1CCCC1. The van der Waals surface area contributed by atoms with Gasteiger partial charge in [0.1, 0.15) is 0 Å². The molecule has 1 aliphatic heterocycles. The van der Waals surface area contributed by atoms with E-state index in [-0.39, 0.29) is 5.54 Å². The lowest BCUT2D eigenvalue weighted by atomic mass is 9.81. The number of rotatable bonds is 5. The molecule has 0 amide bonds. The summed E-state index contributed by atoms with van der Waals surface area (Å²) in [5, 5.41) is 11.7. The third-order valence-corrected chi connectivity index (χ3v) is 5.39. The van der Waals surface area contributed by atoms with Crippen molar-refractivity contribution >= 4 is 11.6 Å². The van der Waals surface area contributed by atoms with Crippen molar-refractivity contribution in [1.82, 2.24) is 4.90 Å². The van der Waals surface area contributed by atoms with Crippen LogP contribution in [0.2, 0.25) is 5.02 Å². The van der Waals surface area contributed by atoms with Crippen LogP contribution in [0.15, 0.2) is 18.2 Å². The maximum absolute atomic E-state index is 11.0. The van der Waals surface area contributed by atoms with Gasteiger partial charge in [0.15, 0.2) is 0 Å². The van der Waals surface area contributed by atoms with Crippen LogP contribution in [0.3, 0.4) is 0 Å². The van der Waals surface area contributed by atoms with Crippen LogP contribution in [0.25, 0.3) is 0 Å². The summed E-state index contributed by atoms with van der Waals surface area (Å²) in [4.78, 5) is 2.48. The molecular formula is C17H26ClNO. The molecule has 20 heavy (non-hydrogen) atoms. The lowest BCUT2D eigenvalue weighted by Crippen LogP contribution is -2.51. The topological polar surface area (TPSA) is 23.5 Å². The number of aliphatic hydroxyl groups is 1. The molecule has 112 valence electrons. The molecule has 1 N–H and O–H groups in total. The van der Waals surface area contributed by atoms with E-state index in [4.69, 9.17) is 11.6 Å². The maximum Gasteiger partial charge on any atom is 0.0973 e. The molecule has 1 aromatic carbocycles. The van der Waals surface area contributed by atoms with Crippen LogP contribution in [-0.2, 0) is 0 Å². The Kier molecular flexibility index (Phi) is 5.11. The number of aryl methyl sites for hydroxylation is 1. The first-order valence-corrected chi connectivity index (χ1v) is 8.12. The zero-order valence-electron chi connectivity index (χ0n) is 12.8. The number of halogens is 1. The second-order valence-corrected chi connectivity index (χ2v) is 6.32. The summed E-state index contributed by atoms with van der Waals surface area (Å²) in [5.41, 5.74) is 1.84. The van der Waals surface area contributed by atoms with Crippen molar-refractivity contribution in [3.05, 3.63) is 34.3 Å². The van der Waals surface area contributed by atoms with E-state index in [1.165, 1.54) is 12.8 Å². The van der Waals surface area contributed by atoms with E-state index in [0.29, 0.717) is 0 Å². The maximum atomic E-state index is 11.0. The zero-order valence-corrected chi connectivity index (χ0v) is 13.6. The van der Waals surface area contributed by atoms with Gasteiger partial charge in [0, 0.05) is 5.02 Å². The number of aliphatic hydroxyl groups excluding tert-OH is 1. The van der Waals surface area contributed by atoms with Crippen LogP contribution in [0.4, 0.5) is 0 Å². The second kappa shape index (κ2) is 6.46. The van der Waals surface area contributed by atoms with Crippen molar-refractivity contribution in [2.75, 3.05) is 13.1 Å². The van der Waals surface area contributed by atoms with Gasteiger partial charge in [-0.2, -0.15) is 0 Å². The predicted molar refractivity (Wildman–Crippen MR) is 85.3 cm³/mol. The Morgan fingerprint density at radius 1 is 1.25 bits per heavy atom. The first-order chi connectivity index (χ1) is 9.55. The first-order valence-electron chi connectivity index (χ1n) is 7.74. The summed E-state index contributed by atoms with van der Waals surface area (Å²) in [5.74, 6) is 0. The molecule has 3 heteroatoms. The summed E-state index contributed by atoms with van der Waals surface area (Å²) in [6.45, 7) is 8.55. The molecule has 1 atom stereocenters. The van der Waals surface area contributed by atoms with E-state index >= 15 is 0 Å². The van der Waals surface area contributed by atoms with Gasteiger partial charge in [-0.3, -0.25) is 4.90 Å². The summed E-state index contributed by atoms with van der Waals surface area (Å²) in [6.07, 6.45) is 3.91. The van der Waals surface area contributed by atoms with E-state index in [9.17, 15) is 5.11 Å². The molecule has 0 saturated carbocycles. The lowest BCUT2D eigenvalue weighted by molar-refractivity contribution is -0.0294. The van der Waals surface area contributed by atoms with Gasteiger partial charge in [-0.05, 0) is 62.9 Å². The van der Waals surface area contributed by atoms with Crippen molar-refractivity contribution in [3.63, 3.8) is 0 Å². The van der Waals surface area contributed by atoms with E-state index < -0.39 is 6.10 Å². The van der Waals surface area contributed by atoms with Gasteiger partial charge in [0.25, 0.3) is 0 Å². The van der Waals surface area contributed by atoms with Crippen LogP contribution >= 0.6 is 11.6 Å². The van der Waals surface area contributed by atoms with Crippen LogP contribution in [0.5, 0.6) is 0 Å². The number of nitrogens with zero attached hydrogens (tertiary/aromatic N) is 1. The minimum absolute atomic E-state index is 0.158. The van der Waals surface area contributed by atoms with Crippen molar-refractivity contribution in [2.24, 2.45) is 0 Å². The highest BCUT2D eigenvalue weighted by Crippen LogP contribution is 2.40. The summed E-state index contributed by atoms with van der Waals surface area (Å²) in [6, 6.07) is 5.95. The molecule has 1 aromatic rings. The van der Waals surface area contributed by atoms with E-state index in [1.807, 2.05) is 25.1 Å². The van der Waals surface area contributed by atoms with Gasteiger partial charge in [-0.1, -0.05) is 37.6 Å². The highest BCUT2D eigenvalue weighted by atomic mass is 35.5. The summed E-state index contributed by atoms with van der Waals surface area (Å²) < 4.78 is 0.